The second-order valence-corrected chi connectivity index (χ2v) is 5.75. The highest BCUT2D eigenvalue weighted by Crippen LogP contribution is 2.32. The van der Waals surface area contributed by atoms with E-state index in [1.165, 1.54) is 19.2 Å². The molecule has 2 rings (SSSR count). The predicted molar refractivity (Wildman–Crippen MR) is 94.7 cm³/mol. The normalized spacial score (nSPS) is 10.2. The monoisotopic (exact) mass is 364 g/mol. The lowest BCUT2D eigenvalue weighted by atomic mass is 10.1. The van der Waals surface area contributed by atoms with Crippen LogP contribution in [0.2, 0.25) is 5.02 Å². The maximum Gasteiger partial charge on any atom is 0.311 e. The summed E-state index contributed by atoms with van der Waals surface area (Å²) in [6, 6.07) is 7.85. The van der Waals surface area contributed by atoms with Crippen LogP contribution < -0.4 is 14.8 Å². The third-order valence-corrected chi connectivity index (χ3v) is 3.92. The number of benzene rings is 2. The minimum Gasteiger partial charge on any atom is -0.490 e. The first-order chi connectivity index (χ1) is 11.8. The molecule has 0 bridgehead atoms. The Balaban J connectivity index is 2.07. The number of aryl methyl sites for hydroxylation is 2. The van der Waals surface area contributed by atoms with Crippen molar-refractivity contribution in [3.63, 3.8) is 0 Å². The van der Waals surface area contributed by atoms with Crippen molar-refractivity contribution in [3.8, 4) is 11.5 Å². The zero-order valence-corrected chi connectivity index (χ0v) is 14.7. The lowest BCUT2D eigenvalue weighted by Crippen LogP contribution is -2.20. The molecule has 7 nitrogen and oxygen atoms in total. The largest absolute Gasteiger partial charge is 0.490 e. The van der Waals surface area contributed by atoms with Crippen molar-refractivity contribution in [2.45, 2.75) is 13.8 Å². The smallest absolute Gasteiger partial charge is 0.311 e. The molecular weight excluding hydrogens is 348 g/mol. The number of nitrogens with one attached hydrogen (secondary N) is 1. The highest BCUT2D eigenvalue weighted by atomic mass is 35.5. The van der Waals surface area contributed by atoms with Crippen LogP contribution in [0.15, 0.2) is 30.3 Å². The van der Waals surface area contributed by atoms with Gasteiger partial charge >= 0.3 is 5.69 Å². The first kappa shape index (κ1) is 18.5. The van der Waals surface area contributed by atoms with Crippen molar-refractivity contribution >= 4 is 28.9 Å². The number of nitrogens with zero attached hydrogens (tertiary/aromatic N) is 1. The van der Waals surface area contributed by atoms with E-state index in [1.807, 2.05) is 6.92 Å². The Kier molecular flexibility index (Phi) is 5.82. The summed E-state index contributed by atoms with van der Waals surface area (Å²) in [7, 11) is 1.33. The third-order valence-electron chi connectivity index (χ3n) is 3.50. The van der Waals surface area contributed by atoms with E-state index in [2.05, 4.69) is 5.32 Å². The Morgan fingerprint density at radius 2 is 1.96 bits per heavy atom. The molecule has 2 aromatic carbocycles. The Hall–Kier alpha value is -2.80. The second kappa shape index (κ2) is 7.85. The van der Waals surface area contributed by atoms with E-state index in [9.17, 15) is 14.9 Å². The quantitative estimate of drug-likeness (QED) is 0.620. The number of hydrogen-bond acceptors (Lipinski definition) is 5. The van der Waals surface area contributed by atoms with Crippen LogP contribution in [0.1, 0.15) is 11.1 Å². The van der Waals surface area contributed by atoms with Crippen LogP contribution in [-0.2, 0) is 4.79 Å². The van der Waals surface area contributed by atoms with Gasteiger partial charge in [-0.1, -0.05) is 11.6 Å². The maximum absolute atomic E-state index is 12.1. The van der Waals surface area contributed by atoms with Crippen molar-refractivity contribution in [2.75, 3.05) is 19.0 Å². The van der Waals surface area contributed by atoms with Gasteiger partial charge in [-0.25, -0.2) is 0 Å². The van der Waals surface area contributed by atoms with E-state index < -0.39 is 10.8 Å². The summed E-state index contributed by atoms with van der Waals surface area (Å²) >= 11 is 5.94. The van der Waals surface area contributed by atoms with Crippen LogP contribution in [0.25, 0.3) is 0 Å². The number of rotatable bonds is 6. The Morgan fingerprint density at radius 1 is 1.24 bits per heavy atom. The zero-order chi connectivity index (χ0) is 18.6. The number of carbonyl (C=O) groups excluding carboxylic acids is 1. The number of ether oxygens (including phenoxy) is 2. The summed E-state index contributed by atoms with van der Waals surface area (Å²) in [5.41, 5.74) is 1.65. The van der Waals surface area contributed by atoms with Gasteiger partial charge in [-0.2, -0.15) is 0 Å². The predicted octanol–water partition coefficient (Wildman–Crippen LogP) is 3.89. The van der Waals surface area contributed by atoms with Gasteiger partial charge in [0.25, 0.3) is 5.91 Å². The number of methoxy groups -OCH3 is 1. The molecule has 0 spiro atoms. The molecule has 1 N–H and O–H groups in total. The molecule has 0 saturated carbocycles. The first-order valence-electron chi connectivity index (χ1n) is 7.33. The van der Waals surface area contributed by atoms with Crippen molar-refractivity contribution in [3.05, 3.63) is 56.6 Å². The summed E-state index contributed by atoms with van der Waals surface area (Å²) in [6.45, 7) is 3.28. The standard InChI is InChI=1S/C17H17ClN2O5/c1-10-6-12(4-5-13(10)18)25-9-17(21)19-14-8-16(24-3)15(20(22)23)7-11(14)2/h4-8H,9H2,1-3H3,(H,19,21). The Bertz CT molecular complexity index is 823. The highest BCUT2D eigenvalue weighted by Gasteiger charge is 2.18. The van der Waals surface area contributed by atoms with E-state index in [-0.39, 0.29) is 18.0 Å². The molecule has 0 fully saturated rings. The van der Waals surface area contributed by atoms with Gasteiger partial charge in [0.2, 0.25) is 0 Å². The number of halogens is 1. The second-order valence-electron chi connectivity index (χ2n) is 5.34. The molecule has 0 saturated heterocycles. The molecule has 0 aliphatic heterocycles. The van der Waals surface area contributed by atoms with Gasteiger partial charge < -0.3 is 14.8 Å². The van der Waals surface area contributed by atoms with Crippen molar-refractivity contribution in [1.29, 1.82) is 0 Å². The molecule has 0 radical (unpaired) electrons. The summed E-state index contributed by atoms with van der Waals surface area (Å²) < 4.78 is 10.4. The number of anilines is 1. The molecular formula is C17H17ClN2O5. The summed E-state index contributed by atoms with van der Waals surface area (Å²) in [5.74, 6) is 0.196. The van der Waals surface area contributed by atoms with Crippen molar-refractivity contribution < 1.29 is 19.2 Å². The van der Waals surface area contributed by atoms with Crippen LogP contribution in [0.5, 0.6) is 11.5 Å². The molecule has 0 aliphatic carbocycles. The SMILES string of the molecule is COc1cc(NC(=O)COc2ccc(Cl)c(C)c2)c(C)cc1[N+](=O)[O-]. The Labute approximate surface area is 149 Å². The van der Waals surface area contributed by atoms with Gasteiger partial charge in [0.15, 0.2) is 12.4 Å². The number of nitro benzene ring substituents is 1. The molecule has 0 heterocycles. The minimum atomic E-state index is -0.538. The lowest BCUT2D eigenvalue weighted by molar-refractivity contribution is -0.385. The summed E-state index contributed by atoms with van der Waals surface area (Å²) in [5, 5.41) is 14.3. The molecule has 8 heteroatoms. The number of amides is 1. The topological polar surface area (TPSA) is 90.7 Å². The number of nitro groups is 1. The molecule has 1 amide bonds. The minimum absolute atomic E-state index is 0.0696. The molecule has 0 atom stereocenters. The molecule has 132 valence electrons. The molecule has 2 aromatic rings. The van der Waals surface area contributed by atoms with E-state index in [0.717, 1.165) is 5.56 Å². The summed E-state index contributed by atoms with van der Waals surface area (Å²) in [6.07, 6.45) is 0. The van der Waals surface area contributed by atoms with Gasteiger partial charge in [-0.05, 0) is 43.2 Å². The molecule has 25 heavy (non-hydrogen) atoms. The van der Waals surface area contributed by atoms with Crippen LogP contribution in [0, 0.1) is 24.0 Å². The lowest BCUT2D eigenvalue weighted by Gasteiger charge is -2.12. The van der Waals surface area contributed by atoms with E-state index in [4.69, 9.17) is 21.1 Å². The fourth-order valence-electron chi connectivity index (χ4n) is 2.16. The summed E-state index contributed by atoms with van der Waals surface area (Å²) in [4.78, 5) is 22.5. The van der Waals surface area contributed by atoms with Crippen molar-refractivity contribution in [2.24, 2.45) is 0 Å². The van der Waals surface area contributed by atoms with E-state index in [1.54, 1.807) is 25.1 Å². The molecule has 0 unspecified atom stereocenters. The first-order valence-corrected chi connectivity index (χ1v) is 7.71. The van der Waals surface area contributed by atoms with Gasteiger partial charge in [-0.15, -0.1) is 0 Å². The molecule has 0 aromatic heterocycles. The highest BCUT2D eigenvalue weighted by molar-refractivity contribution is 6.31. The average Bonchev–Trinajstić information content (AvgIpc) is 2.57. The van der Waals surface area contributed by atoms with Crippen molar-refractivity contribution in [1.82, 2.24) is 0 Å². The van der Waals surface area contributed by atoms with Crippen LogP contribution in [0.4, 0.5) is 11.4 Å². The Morgan fingerprint density at radius 3 is 2.56 bits per heavy atom. The van der Waals surface area contributed by atoms with Crippen LogP contribution >= 0.6 is 11.6 Å². The van der Waals surface area contributed by atoms with Gasteiger partial charge in [0.1, 0.15) is 5.75 Å². The van der Waals surface area contributed by atoms with Gasteiger partial charge in [0.05, 0.1) is 12.0 Å². The number of hydrogen-bond donors (Lipinski definition) is 1. The average molecular weight is 365 g/mol. The molecule has 0 aliphatic rings. The van der Waals surface area contributed by atoms with E-state index in [0.29, 0.717) is 22.0 Å². The third kappa shape index (κ3) is 4.60. The van der Waals surface area contributed by atoms with Gasteiger partial charge in [-0.3, -0.25) is 14.9 Å². The van der Waals surface area contributed by atoms with E-state index >= 15 is 0 Å². The fourth-order valence-corrected chi connectivity index (χ4v) is 2.27. The maximum atomic E-state index is 12.1. The number of carbonyl (C=O) groups is 1. The fraction of sp³-hybridized carbons (Fsp3) is 0.235. The zero-order valence-electron chi connectivity index (χ0n) is 14.0. The van der Waals surface area contributed by atoms with Crippen LogP contribution in [-0.4, -0.2) is 24.5 Å². The van der Waals surface area contributed by atoms with Gasteiger partial charge in [0, 0.05) is 22.8 Å². The van der Waals surface area contributed by atoms with Crippen LogP contribution in [0.3, 0.4) is 0 Å².